The van der Waals surface area contributed by atoms with Gasteiger partial charge in [-0.25, -0.2) is 0 Å². The number of amides is 1. The van der Waals surface area contributed by atoms with Gasteiger partial charge in [-0.2, -0.15) is 0 Å². The molecule has 4 nitrogen and oxygen atoms in total. The van der Waals surface area contributed by atoms with Crippen molar-refractivity contribution in [3.05, 3.63) is 29.3 Å². The third kappa shape index (κ3) is 2.73. The number of nitrogen functional groups attached to an aromatic ring is 1. The lowest BCUT2D eigenvalue weighted by atomic mass is 9.85. The van der Waals surface area contributed by atoms with E-state index in [4.69, 9.17) is 5.84 Å². The fraction of sp³-hybridized carbons (Fsp3) is 0.417. The second-order valence-corrected chi connectivity index (χ2v) is 4.77. The first-order valence-electron chi connectivity index (χ1n) is 5.22. The van der Waals surface area contributed by atoms with E-state index in [9.17, 15) is 4.79 Å². The molecule has 4 N–H and O–H groups in total. The highest BCUT2D eigenvalue weighted by Crippen LogP contribution is 2.26. The summed E-state index contributed by atoms with van der Waals surface area (Å²) in [5, 5.41) is 2.60. The first kappa shape index (κ1) is 12.5. The Morgan fingerprint density at radius 2 is 1.88 bits per heavy atom. The molecule has 0 aliphatic heterocycles. The molecule has 0 saturated heterocycles. The second kappa shape index (κ2) is 4.53. The number of benzene rings is 1. The summed E-state index contributed by atoms with van der Waals surface area (Å²) in [6.07, 6.45) is 0. The molecule has 0 heterocycles. The molecule has 0 aliphatic carbocycles. The van der Waals surface area contributed by atoms with Gasteiger partial charge in [0, 0.05) is 18.3 Å². The van der Waals surface area contributed by atoms with Gasteiger partial charge in [-0.15, -0.1) is 0 Å². The van der Waals surface area contributed by atoms with E-state index in [1.165, 1.54) is 0 Å². The van der Waals surface area contributed by atoms with E-state index < -0.39 is 0 Å². The van der Waals surface area contributed by atoms with Crippen LogP contribution < -0.4 is 16.6 Å². The number of hydrogen-bond donors (Lipinski definition) is 3. The average Bonchev–Trinajstić information content (AvgIpc) is 2.26. The SMILES string of the molecule is CNC(=O)c1cc(NN)cc(C(C)(C)C)c1. The molecule has 1 aromatic carbocycles. The fourth-order valence-electron chi connectivity index (χ4n) is 1.42. The molecule has 1 aromatic rings. The third-order valence-electron chi connectivity index (χ3n) is 2.45. The van der Waals surface area contributed by atoms with Gasteiger partial charge in [-0.1, -0.05) is 20.8 Å². The molecule has 88 valence electrons. The van der Waals surface area contributed by atoms with Crippen LogP contribution in [0.3, 0.4) is 0 Å². The lowest BCUT2D eigenvalue weighted by molar-refractivity contribution is 0.0963. The van der Waals surface area contributed by atoms with E-state index >= 15 is 0 Å². The van der Waals surface area contributed by atoms with Crippen LogP contribution in [0.1, 0.15) is 36.7 Å². The predicted octanol–water partition coefficient (Wildman–Crippen LogP) is 1.63. The third-order valence-corrected chi connectivity index (χ3v) is 2.45. The standard InChI is InChI=1S/C12H19N3O/c1-12(2,3)9-5-8(11(16)14-4)6-10(7-9)15-13/h5-7,15H,13H2,1-4H3,(H,14,16). The topological polar surface area (TPSA) is 67.2 Å². The molecular weight excluding hydrogens is 202 g/mol. The molecule has 1 rings (SSSR count). The minimum Gasteiger partial charge on any atom is -0.355 e. The molecule has 0 fully saturated rings. The van der Waals surface area contributed by atoms with Crippen LogP contribution >= 0.6 is 0 Å². The molecule has 0 radical (unpaired) electrons. The van der Waals surface area contributed by atoms with Crippen molar-refractivity contribution in [2.24, 2.45) is 5.84 Å². The molecule has 0 aromatic heterocycles. The highest BCUT2D eigenvalue weighted by molar-refractivity contribution is 5.95. The Morgan fingerprint density at radius 3 is 2.31 bits per heavy atom. The molecule has 0 bridgehead atoms. The van der Waals surface area contributed by atoms with Gasteiger partial charge in [0.25, 0.3) is 5.91 Å². The van der Waals surface area contributed by atoms with Crippen LogP contribution in [0.25, 0.3) is 0 Å². The zero-order valence-corrected chi connectivity index (χ0v) is 10.2. The van der Waals surface area contributed by atoms with Crippen molar-refractivity contribution in [2.75, 3.05) is 12.5 Å². The van der Waals surface area contributed by atoms with Crippen LogP contribution in [-0.2, 0) is 5.41 Å². The van der Waals surface area contributed by atoms with E-state index in [1.807, 2.05) is 12.1 Å². The summed E-state index contributed by atoms with van der Waals surface area (Å²) in [6.45, 7) is 6.28. The van der Waals surface area contributed by atoms with E-state index in [-0.39, 0.29) is 11.3 Å². The van der Waals surface area contributed by atoms with Gasteiger partial charge in [0.1, 0.15) is 0 Å². The van der Waals surface area contributed by atoms with Gasteiger partial charge < -0.3 is 10.7 Å². The maximum absolute atomic E-state index is 11.6. The van der Waals surface area contributed by atoms with E-state index in [0.717, 1.165) is 11.3 Å². The normalized spacial score (nSPS) is 11.1. The monoisotopic (exact) mass is 221 g/mol. The van der Waals surface area contributed by atoms with Crippen LogP contribution in [0.2, 0.25) is 0 Å². The molecule has 0 unspecified atom stereocenters. The summed E-state index contributed by atoms with van der Waals surface area (Å²) < 4.78 is 0. The highest BCUT2D eigenvalue weighted by Gasteiger charge is 2.16. The van der Waals surface area contributed by atoms with Crippen molar-refractivity contribution in [2.45, 2.75) is 26.2 Å². The number of hydrazine groups is 1. The smallest absolute Gasteiger partial charge is 0.251 e. The zero-order valence-electron chi connectivity index (χ0n) is 10.2. The quantitative estimate of drug-likeness (QED) is 0.525. The van der Waals surface area contributed by atoms with E-state index in [0.29, 0.717) is 5.56 Å². The number of nitrogens with one attached hydrogen (secondary N) is 2. The van der Waals surface area contributed by atoms with Crippen LogP contribution in [0, 0.1) is 0 Å². The summed E-state index contributed by atoms with van der Waals surface area (Å²) in [5.41, 5.74) is 4.99. The average molecular weight is 221 g/mol. The number of anilines is 1. The minimum atomic E-state index is -0.109. The Hall–Kier alpha value is -1.55. The van der Waals surface area contributed by atoms with Crippen molar-refractivity contribution in [1.29, 1.82) is 0 Å². The molecule has 0 spiro atoms. The Morgan fingerprint density at radius 1 is 1.25 bits per heavy atom. The summed E-state index contributed by atoms with van der Waals surface area (Å²) in [5.74, 6) is 5.28. The summed E-state index contributed by atoms with van der Waals surface area (Å²) in [4.78, 5) is 11.6. The largest absolute Gasteiger partial charge is 0.355 e. The summed E-state index contributed by atoms with van der Waals surface area (Å²) in [7, 11) is 1.61. The molecule has 4 heteroatoms. The Balaban J connectivity index is 3.27. The van der Waals surface area contributed by atoms with Crippen molar-refractivity contribution in [3.8, 4) is 0 Å². The van der Waals surface area contributed by atoms with E-state index in [1.54, 1.807) is 13.1 Å². The van der Waals surface area contributed by atoms with Gasteiger partial charge in [-0.05, 0) is 29.2 Å². The van der Waals surface area contributed by atoms with Crippen LogP contribution in [0.4, 0.5) is 5.69 Å². The first-order chi connectivity index (χ1) is 7.38. The van der Waals surface area contributed by atoms with Gasteiger partial charge in [0.05, 0.1) is 0 Å². The molecule has 1 amide bonds. The van der Waals surface area contributed by atoms with Gasteiger partial charge in [-0.3, -0.25) is 10.6 Å². The lowest BCUT2D eigenvalue weighted by Gasteiger charge is -2.21. The summed E-state index contributed by atoms with van der Waals surface area (Å²) >= 11 is 0. The van der Waals surface area contributed by atoms with Crippen molar-refractivity contribution < 1.29 is 4.79 Å². The Labute approximate surface area is 96.2 Å². The number of carbonyl (C=O) groups is 1. The summed E-state index contributed by atoms with van der Waals surface area (Å²) in [6, 6.07) is 5.57. The Kier molecular flexibility index (Phi) is 3.55. The molecule has 0 aliphatic rings. The maximum Gasteiger partial charge on any atom is 0.251 e. The van der Waals surface area contributed by atoms with Crippen LogP contribution in [0.5, 0.6) is 0 Å². The first-order valence-corrected chi connectivity index (χ1v) is 5.22. The van der Waals surface area contributed by atoms with Gasteiger partial charge in [0.15, 0.2) is 0 Å². The van der Waals surface area contributed by atoms with Crippen molar-refractivity contribution >= 4 is 11.6 Å². The number of rotatable bonds is 2. The number of carbonyl (C=O) groups excluding carboxylic acids is 1. The van der Waals surface area contributed by atoms with Crippen LogP contribution in [-0.4, -0.2) is 13.0 Å². The van der Waals surface area contributed by atoms with Gasteiger partial charge >= 0.3 is 0 Å². The van der Waals surface area contributed by atoms with Crippen LogP contribution in [0.15, 0.2) is 18.2 Å². The van der Waals surface area contributed by atoms with Gasteiger partial charge in [0.2, 0.25) is 0 Å². The van der Waals surface area contributed by atoms with Crippen molar-refractivity contribution in [1.82, 2.24) is 5.32 Å². The van der Waals surface area contributed by atoms with Crippen molar-refractivity contribution in [3.63, 3.8) is 0 Å². The fourth-order valence-corrected chi connectivity index (χ4v) is 1.42. The Bertz CT molecular complexity index is 394. The molecular formula is C12H19N3O. The predicted molar refractivity (Wildman–Crippen MR) is 66.3 cm³/mol. The zero-order chi connectivity index (χ0) is 12.3. The number of nitrogens with two attached hydrogens (primary N) is 1. The molecule has 0 saturated carbocycles. The van der Waals surface area contributed by atoms with E-state index in [2.05, 4.69) is 31.5 Å². The second-order valence-electron chi connectivity index (χ2n) is 4.77. The maximum atomic E-state index is 11.6. The molecule has 16 heavy (non-hydrogen) atoms. The molecule has 0 atom stereocenters. The minimum absolute atomic E-state index is 0.0182. The lowest BCUT2D eigenvalue weighted by Crippen LogP contribution is -2.20. The number of hydrogen-bond acceptors (Lipinski definition) is 3. The highest BCUT2D eigenvalue weighted by atomic mass is 16.1.